The van der Waals surface area contributed by atoms with E-state index in [1.165, 1.54) is 44.9 Å². The van der Waals surface area contributed by atoms with Crippen molar-refractivity contribution in [2.24, 2.45) is 46.3 Å². The van der Waals surface area contributed by atoms with Gasteiger partial charge in [0.2, 0.25) is 0 Å². The molecule has 8 atom stereocenters. The maximum atomic E-state index is 11.5. The molecule has 0 spiro atoms. The summed E-state index contributed by atoms with van der Waals surface area (Å²) in [5, 5.41) is 0. The maximum Gasteiger partial charge on any atom is 0.302 e. The smallest absolute Gasteiger partial charge is 0.302 e. The summed E-state index contributed by atoms with van der Waals surface area (Å²) in [4.78, 5) is 11.5. The van der Waals surface area contributed by atoms with Gasteiger partial charge in [0.05, 0.1) is 0 Å². The summed E-state index contributed by atoms with van der Waals surface area (Å²) < 4.78 is 5.62. The average molecular weight is 441 g/mol. The minimum atomic E-state index is -0.120. The fraction of sp³-hybridized carbons (Fsp3) is 0.833. The predicted octanol–water partition coefficient (Wildman–Crippen LogP) is 8.13. The molecule has 4 aliphatic rings. The fourth-order valence-electron chi connectivity index (χ4n) is 8.71. The van der Waals surface area contributed by atoms with Crippen molar-refractivity contribution in [3.63, 3.8) is 0 Å². The lowest BCUT2D eigenvalue weighted by atomic mass is 9.47. The Bertz CT molecular complexity index is 776. The second-order valence-electron chi connectivity index (χ2n) is 12.8. The Morgan fingerprint density at radius 1 is 1.09 bits per heavy atom. The number of hydrogen-bond acceptors (Lipinski definition) is 2. The van der Waals surface area contributed by atoms with Crippen LogP contribution in [-0.4, -0.2) is 12.1 Å². The summed E-state index contributed by atoms with van der Waals surface area (Å²) in [5.41, 5.74) is 4.03. The summed E-state index contributed by atoms with van der Waals surface area (Å²) in [6.45, 7) is 16.2. The van der Waals surface area contributed by atoms with Gasteiger partial charge in [-0.15, -0.1) is 0 Å². The molecule has 4 aliphatic carbocycles. The SMILES string of the molecule is CC(=O)OC1CCC2(C)C(=CCC3C2CCC2(C)C(C(C)CC=C(C)C(C)C)CCC32)C1. The summed E-state index contributed by atoms with van der Waals surface area (Å²) in [6.07, 6.45) is 16.6. The average Bonchev–Trinajstić information content (AvgIpc) is 3.08. The van der Waals surface area contributed by atoms with E-state index in [1.54, 1.807) is 18.1 Å². The molecule has 2 nitrogen and oxygen atoms in total. The molecule has 2 heteroatoms. The van der Waals surface area contributed by atoms with Crippen LogP contribution in [0.3, 0.4) is 0 Å². The number of hydrogen-bond donors (Lipinski definition) is 0. The molecule has 0 aromatic carbocycles. The van der Waals surface area contributed by atoms with Crippen LogP contribution in [0, 0.1) is 46.3 Å². The molecule has 0 saturated heterocycles. The van der Waals surface area contributed by atoms with Crippen LogP contribution in [0.2, 0.25) is 0 Å². The van der Waals surface area contributed by atoms with Crippen molar-refractivity contribution in [2.75, 3.05) is 0 Å². The monoisotopic (exact) mass is 440 g/mol. The Labute approximate surface area is 197 Å². The van der Waals surface area contributed by atoms with E-state index in [0.717, 1.165) is 42.4 Å². The molecule has 32 heavy (non-hydrogen) atoms. The number of rotatable bonds is 5. The van der Waals surface area contributed by atoms with Crippen molar-refractivity contribution in [1.29, 1.82) is 0 Å². The van der Waals surface area contributed by atoms with Crippen LogP contribution in [-0.2, 0) is 9.53 Å². The van der Waals surface area contributed by atoms with E-state index in [9.17, 15) is 4.79 Å². The minimum absolute atomic E-state index is 0.108. The predicted molar refractivity (Wildman–Crippen MR) is 133 cm³/mol. The van der Waals surface area contributed by atoms with Gasteiger partial charge < -0.3 is 4.74 Å². The molecule has 3 fully saturated rings. The van der Waals surface area contributed by atoms with Gasteiger partial charge in [-0.2, -0.15) is 0 Å². The summed E-state index contributed by atoms with van der Waals surface area (Å²) in [6, 6.07) is 0. The van der Waals surface area contributed by atoms with Crippen LogP contribution in [0.5, 0.6) is 0 Å². The van der Waals surface area contributed by atoms with Crippen LogP contribution >= 0.6 is 0 Å². The van der Waals surface area contributed by atoms with Gasteiger partial charge in [0.25, 0.3) is 0 Å². The third kappa shape index (κ3) is 4.14. The Balaban J connectivity index is 1.49. The standard InChI is InChI=1S/C30H48O2/c1-19(2)20(3)8-9-21(4)26-12-13-27-25-11-10-23-18-24(32-22(5)31)14-16-29(23,6)28(25)15-17-30(26,27)7/h8,10,19,21,24-28H,9,11-18H2,1-7H3. The van der Waals surface area contributed by atoms with Gasteiger partial charge in [-0.25, -0.2) is 0 Å². The highest BCUT2D eigenvalue weighted by Crippen LogP contribution is 2.67. The van der Waals surface area contributed by atoms with Crippen molar-refractivity contribution < 1.29 is 9.53 Å². The van der Waals surface area contributed by atoms with Crippen LogP contribution < -0.4 is 0 Å². The number of fused-ring (bicyclic) bond motifs is 5. The topological polar surface area (TPSA) is 26.3 Å². The van der Waals surface area contributed by atoms with Crippen molar-refractivity contribution >= 4 is 5.97 Å². The number of carbonyl (C=O) groups is 1. The van der Waals surface area contributed by atoms with E-state index in [2.05, 4.69) is 53.7 Å². The van der Waals surface area contributed by atoms with Gasteiger partial charge in [-0.05, 0) is 105 Å². The fourth-order valence-corrected chi connectivity index (χ4v) is 8.71. The largest absolute Gasteiger partial charge is 0.462 e. The Morgan fingerprint density at radius 3 is 2.53 bits per heavy atom. The van der Waals surface area contributed by atoms with Gasteiger partial charge in [0.15, 0.2) is 0 Å². The first-order chi connectivity index (χ1) is 15.1. The normalized spacial score (nSPS) is 42.6. The molecule has 0 bridgehead atoms. The molecule has 0 heterocycles. The molecule has 3 saturated carbocycles. The third-order valence-corrected chi connectivity index (χ3v) is 10.9. The van der Waals surface area contributed by atoms with E-state index < -0.39 is 0 Å². The van der Waals surface area contributed by atoms with E-state index >= 15 is 0 Å². The second-order valence-corrected chi connectivity index (χ2v) is 12.8. The highest BCUT2D eigenvalue weighted by molar-refractivity contribution is 5.66. The zero-order chi connectivity index (χ0) is 23.3. The van der Waals surface area contributed by atoms with Gasteiger partial charge >= 0.3 is 5.97 Å². The number of esters is 1. The molecule has 0 amide bonds. The first-order valence-electron chi connectivity index (χ1n) is 13.6. The van der Waals surface area contributed by atoms with E-state index in [1.807, 2.05) is 0 Å². The molecule has 180 valence electrons. The van der Waals surface area contributed by atoms with Crippen molar-refractivity contribution in [3.05, 3.63) is 23.3 Å². The van der Waals surface area contributed by atoms with Crippen molar-refractivity contribution in [3.8, 4) is 0 Å². The van der Waals surface area contributed by atoms with Gasteiger partial charge in [-0.3, -0.25) is 4.79 Å². The maximum absolute atomic E-state index is 11.5. The van der Waals surface area contributed by atoms with Gasteiger partial charge in [-0.1, -0.05) is 57.9 Å². The highest BCUT2D eigenvalue weighted by Gasteiger charge is 2.59. The van der Waals surface area contributed by atoms with Gasteiger partial charge in [0, 0.05) is 13.3 Å². The molecule has 0 aromatic rings. The highest BCUT2D eigenvalue weighted by atomic mass is 16.5. The van der Waals surface area contributed by atoms with E-state index in [-0.39, 0.29) is 12.1 Å². The first-order valence-corrected chi connectivity index (χ1v) is 13.6. The lowest BCUT2D eigenvalue weighted by Crippen LogP contribution is -2.51. The summed E-state index contributed by atoms with van der Waals surface area (Å²) in [5.74, 6) is 4.80. The van der Waals surface area contributed by atoms with E-state index in [4.69, 9.17) is 4.74 Å². The van der Waals surface area contributed by atoms with Crippen LogP contribution in [0.25, 0.3) is 0 Å². The first kappa shape index (κ1) is 24.1. The molecular formula is C30H48O2. The quantitative estimate of drug-likeness (QED) is 0.318. The van der Waals surface area contributed by atoms with Crippen LogP contribution in [0.1, 0.15) is 106 Å². The second kappa shape index (κ2) is 8.95. The van der Waals surface area contributed by atoms with Crippen molar-refractivity contribution in [1.82, 2.24) is 0 Å². The molecule has 0 aliphatic heterocycles. The zero-order valence-corrected chi connectivity index (χ0v) is 21.9. The number of carbonyl (C=O) groups excluding carboxylic acids is 1. The zero-order valence-electron chi connectivity index (χ0n) is 21.9. The lowest BCUT2D eigenvalue weighted by Gasteiger charge is -2.58. The lowest BCUT2D eigenvalue weighted by molar-refractivity contribution is -0.148. The number of ether oxygens (including phenoxy) is 1. The number of allylic oxidation sites excluding steroid dienone is 3. The van der Waals surface area contributed by atoms with Crippen molar-refractivity contribution in [2.45, 2.75) is 112 Å². The van der Waals surface area contributed by atoms with Gasteiger partial charge in [0.1, 0.15) is 6.10 Å². The Kier molecular flexibility index (Phi) is 6.74. The third-order valence-electron chi connectivity index (χ3n) is 10.9. The Hall–Kier alpha value is -1.05. The summed E-state index contributed by atoms with van der Waals surface area (Å²) in [7, 11) is 0. The molecule has 8 unspecified atom stereocenters. The van der Waals surface area contributed by atoms with Crippen LogP contribution in [0.4, 0.5) is 0 Å². The molecule has 4 rings (SSSR count). The van der Waals surface area contributed by atoms with E-state index in [0.29, 0.717) is 16.7 Å². The molecule has 0 radical (unpaired) electrons. The molecular weight excluding hydrogens is 392 g/mol. The molecule has 0 aromatic heterocycles. The molecule has 0 N–H and O–H groups in total. The minimum Gasteiger partial charge on any atom is -0.462 e. The Morgan fingerprint density at radius 2 is 1.84 bits per heavy atom. The summed E-state index contributed by atoms with van der Waals surface area (Å²) >= 11 is 0. The van der Waals surface area contributed by atoms with Crippen LogP contribution in [0.15, 0.2) is 23.3 Å².